The van der Waals surface area contributed by atoms with Crippen LogP contribution in [0, 0.1) is 49.4 Å². The third-order valence-electron chi connectivity index (χ3n) is 21.9. The van der Waals surface area contributed by atoms with Crippen LogP contribution in [0.5, 0.6) is 0 Å². The van der Waals surface area contributed by atoms with Crippen LogP contribution in [0.4, 0.5) is 18.9 Å². The first-order valence-electron chi connectivity index (χ1n) is 46.6. The number of likely N-dealkylation sites (tertiary alicyclic amines) is 1. The van der Waals surface area contributed by atoms with E-state index in [0.29, 0.717) is 214 Å². The van der Waals surface area contributed by atoms with Crippen molar-refractivity contribution >= 4 is 46.1 Å². The lowest BCUT2D eigenvalue weighted by molar-refractivity contribution is -0.143. The lowest BCUT2D eigenvalue weighted by Gasteiger charge is -2.35. The first-order valence-corrected chi connectivity index (χ1v) is 47.5. The second-order valence-corrected chi connectivity index (χ2v) is 35.9. The second-order valence-electron chi connectivity index (χ2n) is 35.1. The molecule has 2 fully saturated rings. The van der Waals surface area contributed by atoms with Crippen LogP contribution < -0.4 is 4.90 Å². The smallest absolute Gasteiger partial charge is 0.391 e. The van der Waals surface area contributed by atoms with Crippen LogP contribution in [0.2, 0.25) is 0 Å². The van der Waals surface area contributed by atoms with Gasteiger partial charge in [0.2, 0.25) is 5.91 Å². The molecule has 0 spiro atoms. The summed E-state index contributed by atoms with van der Waals surface area (Å²) in [4.78, 5) is 83.4. The van der Waals surface area contributed by atoms with Crippen molar-refractivity contribution in [2.24, 2.45) is 28.3 Å². The number of hydrogen-bond donors (Lipinski definition) is 1. The Hall–Kier alpha value is -8.44. The first-order chi connectivity index (χ1) is 63.6. The second kappa shape index (κ2) is 64.6. The number of β-amino-alcohol motifs (C(OH)–C–C–N with tert-alkyl or cyclic N) is 1. The first kappa shape index (κ1) is 115. The minimum Gasteiger partial charge on any atom is -0.391 e. The Labute approximate surface area is 789 Å². The molecule has 1 amide bonds. The Morgan fingerprint density at radius 3 is 1.74 bits per heavy atom. The third-order valence-corrected chi connectivity index (χ3v) is 22.9. The number of morpholine rings is 1. The van der Waals surface area contributed by atoms with Gasteiger partial charge in [0.15, 0.2) is 11.6 Å². The van der Waals surface area contributed by atoms with E-state index in [1.54, 1.807) is 28.6 Å². The van der Waals surface area contributed by atoms with Crippen molar-refractivity contribution < 1.29 is 104 Å². The number of unbranched alkanes of at least 4 members (excludes halogenated alkanes) is 4. The van der Waals surface area contributed by atoms with E-state index in [2.05, 4.69) is 65.4 Å². The highest BCUT2D eigenvalue weighted by molar-refractivity contribution is 7.13. The molecule has 4 atom stereocenters. The number of pyridine rings is 2. The van der Waals surface area contributed by atoms with E-state index in [0.717, 1.165) is 113 Å². The lowest BCUT2D eigenvalue weighted by Crippen LogP contribution is -2.46. The van der Waals surface area contributed by atoms with Gasteiger partial charge in [-0.25, -0.2) is 4.98 Å². The molecule has 6 aromatic rings. The number of benzene rings is 2. The number of amides is 1. The van der Waals surface area contributed by atoms with Gasteiger partial charge in [-0.3, -0.25) is 38.6 Å². The van der Waals surface area contributed by atoms with Crippen molar-refractivity contribution in [2.75, 3.05) is 183 Å². The zero-order chi connectivity index (χ0) is 97.4. The van der Waals surface area contributed by atoms with E-state index in [1.807, 2.05) is 132 Å². The average Bonchev–Trinajstić information content (AvgIpc) is 1.76. The van der Waals surface area contributed by atoms with Gasteiger partial charge in [0.05, 0.1) is 209 Å². The molecular formula is C99H148F3N11O19S. The van der Waals surface area contributed by atoms with Gasteiger partial charge in [-0.1, -0.05) is 128 Å². The van der Waals surface area contributed by atoms with Gasteiger partial charge in [-0.2, -0.15) is 13.2 Å². The zero-order valence-electron chi connectivity index (χ0n) is 81.2. The lowest BCUT2D eigenvalue weighted by atomic mass is 9.81. The molecule has 133 heavy (non-hydrogen) atoms. The normalized spacial score (nSPS) is 14.5. The van der Waals surface area contributed by atoms with Gasteiger partial charge in [0.1, 0.15) is 29.5 Å². The van der Waals surface area contributed by atoms with Crippen molar-refractivity contribution in [1.82, 2.24) is 34.8 Å². The molecule has 8 rings (SSSR count). The van der Waals surface area contributed by atoms with Gasteiger partial charge in [-0.15, -0.1) is 22.9 Å². The molecule has 4 aromatic heterocycles. The number of anilines is 1. The van der Waals surface area contributed by atoms with Gasteiger partial charge in [0.25, 0.3) is 0 Å². The number of Topliss-reactive ketones (excluding diaryl/α,β-unsaturated/α-hetero) is 4. The predicted molar refractivity (Wildman–Crippen MR) is 506 cm³/mol. The van der Waals surface area contributed by atoms with E-state index < -0.39 is 35.3 Å². The molecule has 740 valence electrons. The molecule has 2 aliphatic heterocycles. The van der Waals surface area contributed by atoms with E-state index in [1.165, 1.54) is 12.1 Å². The Bertz CT molecular complexity index is 4390. The standard InChI is InChI=1S/C40H50F3N3O8.C25H47N3O7.C25H34N2O3S.C9H17N3O/c1-5-11-48-14-15-50-16-17-51-18-19-52-20-21-53-22-23-54-39(3,4)38-36(46-9-12-49-13-10-46)27-33(29-45-38)35-24-31(28-44-30(35)2)25-37(47)32-7-6-8-34(26-32)40(41,42)43;1-22(2)25(29)8-6-5-7-9-28-20-24(26-27-28)21-34-17-16-32-13-12-30-10-11-31-14-15-33-18-19-35-23(3)4;1-15(18-7-9-19(10-8-18)23-17(3)26-14-31-23)11-22(29)21-12-20(28)13-27(21)24(30)16(2)25(4,5)6;1-8(2)9(13)6-4-3-5-7-11-12-10/h1,6-8,24,26-29H,9-23,25H2,2-4H3;20,22-23H,5-19,21H2,1-4H3;7-10,14-16,20-21,28H,11-13H2,1-6H3;8H,3-7H2,1-2H3/t;;15-,16+,20-,21+;/m..1./s1. The number of alkyl halides is 3. The number of aliphatic hydroxyl groups excluding tert-OH is 1. The monoisotopic (exact) mass is 1880 g/mol. The fourth-order valence-electron chi connectivity index (χ4n) is 13.7. The number of rotatable bonds is 61. The summed E-state index contributed by atoms with van der Waals surface area (Å²) in [6, 6.07) is 16.1. The van der Waals surface area contributed by atoms with Crippen molar-refractivity contribution in [1.29, 1.82) is 0 Å². The van der Waals surface area contributed by atoms with Crippen LogP contribution in [0.3, 0.4) is 0 Å². The van der Waals surface area contributed by atoms with Crippen LogP contribution in [0.1, 0.15) is 210 Å². The molecule has 1 N–H and O–H groups in total. The number of carbonyl (C=O) groups is 5. The summed E-state index contributed by atoms with van der Waals surface area (Å²) in [6.07, 6.45) is 13.0. The number of terminal acetylenes is 1. The number of thiazole rings is 1. The Kier molecular flexibility index (Phi) is 55.8. The summed E-state index contributed by atoms with van der Waals surface area (Å²) in [7, 11) is 0. The molecule has 0 bridgehead atoms. The van der Waals surface area contributed by atoms with Crippen LogP contribution in [0.25, 0.3) is 32.0 Å². The van der Waals surface area contributed by atoms with Gasteiger partial charge >= 0.3 is 6.18 Å². The molecule has 34 heteroatoms. The highest BCUT2D eigenvalue weighted by Gasteiger charge is 2.43. The minimum absolute atomic E-state index is 0.00664. The summed E-state index contributed by atoms with van der Waals surface area (Å²) in [5.41, 5.74) is 16.6. The Morgan fingerprint density at radius 1 is 0.654 bits per heavy atom. The van der Waals surface area contributed by atoms with Crippen molar-refractivity contribution in [3.63, 3.8) is 0 Å². The number of aliphatic hydroxyl groups is 1. The number of nitrogens with zero attached hydrogens (tertiary/aromatic N) is 11. The van der Waals surface area contributed by atoms with Crippen molar-refractivity contribution in [2.45, 2.75) is 224 Å². The van der Waals surface area contributed by atoms with Crippen molar-refractivity contribution in [3.8, 4) is 33.9 Å². The Morgan fingerprint density at radius 2 is 1.21 bits per heavy atom. The fourth-order valence-corrected chi connectivity index (χ4v) is 14.5. The number of ketones is 4. The number of aryl methyl sites for hydroxylation is 3. The van der Waals surface area contributed by atoms with Crippen LogP contribution >= 0.6 is 11.3 Å². The molecular weight excluding hydrogens is 1740 g/mol. The van der Waals surface area contributed by atoms with Gasteiger partial charge in [-0.05, 0) is 125 Å². The molecule has 0 radical (unpaired) electrons. The van der Waals surface area contributed by atoms with Gasteiger partial charge in [0, 0.05) is 122 Å². The molecule has 6 heterocycles. The quantitative estimate of drug-likeness (QED) is 0.00925. The maximum atomic E-state index is 13.3. The number of halogens is 3. The summed E-state index contributed by atoms with van der Waals surface area (Å²) in [5, 5.41) is 21.9. The molecule has 0 saturated carbocycles. The summed E-state index contributed by atoms with van der Waals surface area (Å²) in [5.74, 6) is 2.72. The maximum Gasteiger partial charge on any atom is 0.416 e. The molecule has 0 unspecified atom stereocenters. The molecule has 2 saturated heterocycles. The third kappa shape index (κ3) is 46.3. The summed E-state index contributed by atoms with van der Waals surface area (Å²) in [6.45, 7) is 44.0. The van der Waals surface area contributed by atoms with E-state index in [4.69, 9.17) is 78.5 Å². The number of hydrogen-bond acceptors (Lipinski definition) is 27. The van der Waals surface area contributed by atoms with E-state index >= 15 is 0 Å². The molecule has 0 aliphatic carbocycles. The molecule has 2 aliphatic rings. The van der Waals surface area contributed by atoms with Crippen LogP contribution in [-0.4, -0.2) is 265 Å². The number of carbonyl (C=O) groups excluding carboxylic acids is 5. The summed E-state index contributed by atoms with van der Waals surface area (Å²) >= 11 is 1.62. The fraction of sp³-hybridized carbons (Fsp3) is 0.657. The number of aromatic nitrogens is 6. The summed E-state index contributed by atoms with van der Waals surface area (Å²) < 4.78 is 114. The highest BCUT2D eigenvalue weighted by Crippen LogP contribution is 2.38. The Balaban J connectivity index is 0.000000343. The van der Waals surface area contributed by atoms with E-state index in [9.17, 15) is 42.3 Å². The van der Waals surface area contributed by atoms with Crippen LogP contribution in [-0.2, 0) is 112 Å². The largest absolute Gasteiger partial charge is 0.416 e. The van der Waals surface area contributed by atoms with Crippen molar-refractivity contribution in [3.05, 3.63) is 140 Å². The van der Waals surface area contributed by atoms with Gasteiger partial charge < -0.3 is 76.5 Å². The number of azide groups is 1. The number of ether oxygens (including phenoxy) is 13. The molecule has 2 aromatic carbocycles. The predicted octanol–water partition coefficient (Wildman–Crippen LogP) is 16.7. The van der Waals surface area contributed by atoms with Crippen LogP contribution in [0.15, 0.2) is 89.9 Å². The highest BCUT2D eigenvalue weighted by atomic mass is 32.1. The zero-order valence-corrected chi connectivity index (χ0v) is 82.1. The van der Waals surface area contributed by atoms with E-state index in [-0.39, 0.29) is 72.0 Å². The topological polar surface area (TPSA) is 350 Å². The SMILES string of the molecule is C#CCOCCOCCOCCOCCOCCOC(C)(C)c1ncc(-c2cc(CC(=O)c3cccc(C(F)(F)F)c3)cnc2C)cc1N1CCOCC1.CC(C)C(=O)CCCCCN=[N+]=[N-].CC(C)OCCOCCOCCOCCOCCOCc1cn(CCCCCC(=O)C(C)C)nn1.Cc1ncsc1-c1ccc([C@H](C)CC(=O)[C@@H]2C[C@@H](O)CN2C(=O)[C@H](C)C(C)(C)C)cc1. The maximum absolute atomic E-state index is 13.3. The average molecular weight is 1890 g/mol. The minimum atomic E-state index is -4.54. The molecule has 30 nitrogen and oxygen atoms in total.